The standard InChI is InChI=1S/C21H26N2O3/c1-20(2)10-14-11-21(3,12-20)13-23(14)17(24)8-9-22-18(25)15-6-4-5-7-16(15)19(22)26/h4-7,14H,8-13H2,1-3H3/t14-,21-/m1/s1. The number of benzene rings is 1. The van der Waals surface area contributed by atoms with Gasteiger partial charge in [-0.3, -0.25) is 19.3 Å². The maximum atomic E-state index is 12.9. The smallest absolute Gasteiger partial charge is 0.261 e. The quantitative estimate of drug-likeness (QED) is 0.784. The number of hydrogen-bond donors (Lipinski definition) is 0. The van der Waals surface area contributed by atoms with Crippen LogP contribution >= 0.6 is 0 Å². The molecule has 2 bridgehead atoms. The second kappa shape index (κ2) is 5.66. The second-order valence-corrected chi connectivity index (χ2v) is 9.29. The van der Waals surface area contributed by atoms with Gasteiger partial charge in [-0.25, -0.2) is 0 Å². The lowest BCUT2D eigenvalue weighted by Gasteiger charge is -2.39. The number of fused-ring (bicyclic) bond motifs is 3. The van der Waals surface area contributed by atoms with Crippen LogP contribution in [-0.2, 0) is 4.79 Å². The minimum Gasteiger partial charge on any atom is -0.339 e. The Morgan fingerprint density at radius 1 is 1.08 bits per heavy atom. The predicted octanol–water partition coefficient (Wildman–Crippen LogP) is 3.10. The van der Waals surface area contributed by atoms with Crippen LogP contribution in [0.2, 0.25) is 0 Å². The van der Waals surface area contributed by atoms with Crippen LogP contribution < -0.4 is 0 Å². The van der Waals surface area contributed by atoms with E-state index in [9.17, 15) is 14.4 Å². The van der Waals surface area contributed by atoms with Crippen molar-refractivity contribution in [2.45, 2.75) is 52.5 Å². The molecule has 4 rings (SSSR count). The Morgan fingerprint density at radius 3 is 2.31 bits per heavy atom. The molecule has 1 aromatic carbocycles. The molecular weight excluding hydrogens is 328 g/mol. The van der Waals surface area contributed by atoms with Crippen molar-refractivity contribution in [1.82, 2.24) is 9.80 Å². The van der Waals surface area contributed by atoms with Gasteiger partial charge in [0.15, 0.2) is 0 Å². The lowest BCUT2D eigenvalue weighted by molar-refractivity contribution is -0.132. The highest BCUT2D eigenvalue weighted by Crippen LogP contribution is 2.52. The van der Waals surface area contributed by atoms with Crippen LogP contribution in [0.1, 0.15) is 67.2 Å². The molecule has 5 heteroatoms. The Bertz CT molecular complexity index is 765. The van der Waals surface area contributed by atoms with E-state index in [0.717, 1.165) is 25.8 Å². The second-order valence-electron chi connectivity index (χ2n) is 9.29. The fourth-order valence-corrected chi connectivity index (χ4v) is 5.54. The van der Waals surface area contributed by atoms with Crippen LogP contribution in [0.5, 0.6) is 0 Å². The van der Waals surface area contributed by atoms with Crippen LogP contribution in [-0.4, -0.2) is 46.7 Å². The van der Waals surface area contributed by atoms with Crippen molar-refractivity contribution < 1.29 is 14.4 Å². The molecule has 0 unspecified atom stereocenters. The normalized spacial score (nSPS) is 29.3. The van der Waals surface area contributed by atoms with Gasteiger partial charge in [0.1, 0.15) is 0 Å². The van der Waals surface area contributed by atoms with Crippen molar-refractivity contribution in [3.63, 3.8) is 0 Å². The van der Waals surface area contributed by atoms with Gasteiger partial charge in [0.25, 0.3) is 11.8 Å². The highest BCUT2D eigenvalue weighted by molar-refractivity contribution is 6.21. The van der Waals surface area contributed by atoms with Gasteiger partial charge in [-0.2, -0.15) is 0 Å². The number of nitrogens with zero attached hydrogens (tertiary/aromatic N) is 2. The zero-order valence-electron chi connectivity index (χ0n) is 15.7. The third-order valence-electron chi connectivity index (χ3n) is 6.16. The monoisotopic (exact) mass is 354 g/mol. The van der Waals surface area contributed by atoms with E-state index in [-0.39, 0.29) is 41.5 Å². The first kappa shape index (κ1) is 17.3. The number of amides is 3. The first-order valence-electron chi connectivity index (χ1n) is 9.44. The Kier molecular flexibility index (Phi) is 3.76. The molecule has 1 aromatic rings. The number of imide groups is 1. The summed E-state index contributed by atoms with van der Waals surface area (Å²) in [5.41, 5.74) is 1.33. The maximum Gasteiger partial charge on any atom is 0.261 e. The zero-order chi connectivity index (χ0) is 18.7. The molecule has 0 N–H and O–H groups in total. The third kappa shape index (κ3) is 2.74. The van der Waals surface area contributed by atoms with E-state index in [2.05, 4.69) is 20.8 Å². The molecule has 1 saturated carbocycles. The molecule has 2 fully saturated rings. The molecule has 0 aromatic heterocycles. The van der Waals surface area contributed by atoms with E-state index in [1.165, 1.54) is 4.90 Å². The molecule has 138 valence electrons. The van der Waals surface area contributed by atoms with Gasteiger partial charge >= 0.3 is 0 Å². The van der Waals surface area contributed by atoms with Crippen molar-refractivity contribution in [2.24, 2.45) is 10.8 Å². The Balaban J connectivity index is 1.43. The molecule has 0 radical (unpaired) electrons. The highest BCUT2D eigenvalue weighted by Gasteiger charge is 2.50. The van der Waals surface area contributed by atoms with E-state index in [4.69, 9.17) is 0 Å². The molecule has 3 amide bonds. The molecule has 2 atom stereocenters. The number of likely N-dealkylation sites (tertiary alicyclic amines) is 1. The van der Waals surface area contributed by atoms with Crippen LogP contribution in [0.25, 0.3) is 0 Å². The summed E-state index contributed by atoms with van der Waals surface area (Å²) in [5.74, 6) is -0.508. The summed E-state index contributed by atoms with van der Waals surface area (Å²) in [7, 11) is 0. The van der Waals surface area contributed by atoms with Gasteiger partial charge in [-0.1, -0.05) is 32.9 Å². The van der Waals surface area contributed by atoms with Gasteiger partial charge in [-0.15, -0.1) is 0 Å². The lowest BCUT2D eigenvalue weighted by Crippen LogP contribution is -2.40. The average molecular weight is 354 g/mol. The topological polar surface area (TPSA) is 57.7 Å². The lowest BCUT2D eigenvalue weighted by atomic mass is 9.65. The first-order chi connectivity index (χ1) is 12.2. The van der Waals surface area contributed by atoms with E-state index < -0.39 is 0 Å². The Hall–Kier alpha value is -2.17. The first-order valence-corrected chi connectivity index (χ1v) is 9.44. The summed E-state index contributed by atoms with van der Waals surface area (Å²) < 4.78 is 0. The van der Waals surface area contributed by atoms with E-state index in [0.29, 0.717) is 17.2 Å². The minimum absolute atomic E-state index is 0.0629. The highest BCUT2D eigenvalue weighted by atomic mass is 16.2. The number of rotatable bonds is 3. The van der Waals surface area contributed by atoms with Crippen LogP contribution in [0.4, 0.5) is 0 Å². The molecule has 5 nitrogen and oxygen atoms in total. The summed E-state index contributed by atoms with van der Waals surface area (Å²) in [6, 6.07) is 7.14. The van der Waals surface area contributed by atoms with Crippen molar-refractivity contribution in [3.05, 3.63) is 35.4 Å². The summed E-state index contributed by atoms with van der Waals surface area (Å²) in [6.07, 6.45) is 3.44. The fraction of sp³-hybridized carbons (Fsp3) is 0.571. The summed E-state index contributed by atoms with van der Waals surface area (Å²) in [5, 5.41) is 0. The van der Waals surface area contributed by atoms with Crippen molar-refractivity contribution in [1.29, 1.82) is 0 Å². The summed E-state index contributed by atoms with van der Waals surface area (Å²) in [6.45, 7) is 7.79. The SMILES string of the molecule is CC1(C)C[C@@H]2C[C@@](C)(CN2C(=O)CCN2C(=O)c3ccccc3C2=O)C1. The zero-order valence-corrected chi connectivity index (χ0v) is 15.7. The van der Waals surface area contributed by atoms with Gasteiger partial charge in [-0.05, 0) is 42.2 Å². The van der Waals surface area contributed by atoms with Gasteiger partial charge in [0.05, 0.1) is 11.1 Å². The molecule has 3 aliphatic rings. The Morgan fingerprint density at radius 2 is 1.69 bits per heavy atom. The van der Waals surface area contributed by atoms with Crippen molar-refractivity contribution in [2.75, 3.05) is 13.1 Å². The maximum absolute atomic E-state index is 12.9. The molecular formula is C21H26N2O3. The molecule has 0 spiro atoms. The minimum atomic E-state index is -0.286. The van der Waals surface area contributed by atoms with Gasteiger partial charge < -0.3 is 4.90 Å². The predicted molar refractivity (Wildman–Crippen MR) is 97.7 cm³/mol. The van der Waals surface area contributed by atoms with Crippen LogP contribution in [0.3, 0.4) is 0 Å². The molecule has 26 heavy (non-hydrogen) atoms. The average Bonchev–Trinajstić information content (AvgIpc) is 2.96. The van der Waals surface area contributed by atoms with Gasteiger partial charge in [0, 0.05) is 25.6 Å². The molecule has 1 aliphatic carbocycles. The van der Waals surface area contributed by atoms with E-state index in [1.54, 1.807) is 24.3 Å². The third-order valence-corrected chi connectivity index (χ3v) is 6.16. The van der Waals surface area contributed by atoms with E-state index >= 15 is 0 Å². The van der Waals surface area contributed by atoms with Crippen molar-refractivity contribution >= 4 is 17.7 Å². The summed E-state index contributed by atoms with van der Waals surface area (Å²) in [4.78, 5) is 41.0. The number of carbonyl (C=O) groups excluding carboxylic acids is 3. The van der Waals surface area contributed by atoms with Crippen LogP contribution in [0, 0.1) is 10.8 Å². The molecule has 2 heterocycles. The van der Waals surface area contributed by atoms with E-state index in [1.807, 2.05) is 4.90 Å². The Labute approximate surface area is 154 Å². The molecule has 1 saturated heterocycles. The van der Waals surface area contributed by atoms with Crippen LogP contribution in [0.15, 0.2) is 24.3 Å². The van der Waals surface area contributed by atoms with Crippen molar-refractivity contribution in [3.8, 4) is 0 Å². The number of hydrogen-bond acceptors (Lipinski definition) is 3. The summed E-state index contributed by atoms with van der Waals surface area (Å²) >= 11 is 0. The fourth-order valence-electron chi connectivity index (χ4n) is 5.54. The molecule has 2 aliphatic heterocycles. The van der Waals surface area contributed by atoms with Gasteiger partial charge in [0.2, 0.25) is 5.91 Å². The largest absolute Gasteiger partial charge is 0.339 e. The number of carbonyl (C=O) groups is 3.